The van der Waals surface area contributed by atoms with Crippen LogP contribution in [0.15, 0.2) is 36.7 Å². The van der Waals surface area contributed by atoms with Gasteiger partial charge in [-0.15, -0.1) is 0 Å². The number of alkyl halides is 1. The van der Waals surface area contributed by atoms with E-state index in [9.17, 15) is 18.1 Å². The van der Waals surface area contributed by atoms with Crippen molar-refractivity contribution < 1.29 is 32.7 Å². The highest BCUT2D eigenvalue weighted by Crippen LogP contribution is 2.43. The number of anilines is 3. The van der Waals surface area contributed by atoms with Crippen LogP contribution in [0.2, 0.25) is 5.02 Å². The highest BCUT2D eigenvalue weighted by atomic mass is 35.5. The van der Waals surface area contributed by atoms with E-state index in [1.807, 2.05) is 0 Å². The van der Waals surface area contributed by atoms with Crippen molar-refractivity contribution in [3.63, 3.8) is 0 Å². The molecule has 1 aromatic heterocycles. The molecular weight excluding hydrogens is 457 g/mol. The van der Waals surface area contributed by atoms with Gasteiger partial charge in [0.05, 0.1) is 22.8 Å². The normalized spacial score (nSPS) is 12.5. The summed E-state index contributed by atoms with van der Waals surface area (Å²) >= 11 is 5.79. The molecule has 2 aromatic carbocycles. The summed E-state index contributed by atoms with van der Waals surface area (Å²) in [6.45, 7) is 1.87. The van der Waals surface area contributed by atoms with Crippen LogP contribution >= 0.6 is 19.2 Å². The van der Waals surface area contributed by atoms with E-state index in [2.05, 4.69) is 20.6 Å². The monoisotopic (exact) mass is 472 g/mol. The van der Waals surface area contributed by atoms with Gasteiger partial charge in [-0.3, -0.25) is 9.36 Å². The van der Waals surface area contributed by atoms with Crippen LogP contribution in [0, 0.1) is 5.82 Å². The van der Waals surface area contributed by atoms with Crippen LogP contribution in [0.3, 0.4) is 0 Å². The van der Waals surface area contributed by atoms with Gasteiger partial charge < -0.3 is 25.2 Å². The zero-order valence-corrected chi connectivity index (χ0v) is 17.5. The maximum Gasteiger partial charge on any atom is 0.369 e. The largest absolute Gasteiger partial charge is 0.492 e. The fraction of sp³-hybridized carbons (Fsp3) is 0.167. The van der Waals surface area contributed by atoms with Crippen LogP contribution in [0.4, 0.5) is 26.0 Å². The molecule has 0 aliphatic rings. The summed E-state index contributed by atoms with van der Waals surface area (Å²) in [4.78, 5) is 38.0. The van der Waals surface area contributed by atoms with Crippen LogP contribution in [0.25, 0.3) is 10.9 Å². The second kappa shape index (κ2) is 9.11. The molecule has 0 aliphatic heterocycles. The van der Waals surface area contributed by atoms with Gasteiger partial charge in [-0.2, -0.15) is 0 Å². The SMILES string of the molecule is CCOc1cc2ncnc(Nc3ccc(F)c(Cl)c3)c2cc1NC(=O)C(F)P(=O)(O)O. The molecule has 0 bridgehead atoms. The van der Waals surface area contributed by atoms with E-state index >= 15 is 0 Å². The topological polar surface area (TPSA) is 134 Å². The minimum Gasteiger partial charge on any atom is -0.492 e. The number of ether oxygens (including phenoxy) is 1. The van der Waals surface area contributed by atoms with Crippen LogP contribution in [-0.2, 0) is 9.36 Å². The fourth-order valence-corrected chi connectivity index (χ4v) is 3.16. The lowest BCUT2D eigenvalue weighted by Crippen LogP contribution is -2.24. The first-order valence-electron chi connectivity index (χ1n) is 8.74. The molecular formula is C18H16ClF2N4O5P. The van der Waals surface area contributed by atoms with Gasteiger partial charge in [0.2, 0.25) is 0 Å². The van der Waals surface area contributed by atoms with Crippen molar-refractivity contribution in [2.75, 3.05) is 17.2 Å². The van der Waals surface area contributed by atoms with E-state index < -0.39 is 25.2 Å². The second-order valence-electron chi connectivity index (χ2n) is 6.19. The van der Waals surface area contributed by atoms with E-state index in [0.29, 0.717) is 16.6 Å². The Morgan fingerprint density at radius 3 is 2.68 bits per heavy atom. The number of rotatable bonds is 7. The highest BCUT2D eigenvalue weighted by molar-refractivity contribution is 7.53. The molecule has 0 saturated carbocycles. The Hall–Kier alpha value is -2.85. The zero-order valence-electron chi connectivity index (χ0n) is 15.8. The molecule has 31 heavy (non-hydrogen) atoms. The third kappa shape index (κ3) is 5.26. The van der Waals surface area contributed by atoms with Crippen molar-refractivity contribution in [1.82, 2.24) is 9.97 Å². The van der Waals surface area contributed by atoms with Gasteiger partial charge in [0.1, 0.15) is 23.7 Å². The smallest absolute Gasteiger partial charge is 0.369 e. The molecule has 1 unspecified atom stereocenters. The van der Waals surface area contributed by atoms with Crippen molar-refractivity contribution in [3.8, 4) is 5.75 Å². The van der Waals surface area contributed by atoms with Crippen molar-refractivity contribution in [2.45, 2.75) is 12.8 Å². The summed E-state index contributed by atoms with van der Waals surface area (Å²) in [5.41, 5.74) is 0.751. The summed E-state index contributed by atoms with van der Waals surface area (Å²) in [5.74, 6) is -4.83. The van der Waals surface area contributed by atoms with Crippen molar-refractivity contribution in [3.05, 3.63) is 47.5 Å². The number of nitrogens with one attached hydrogen (secondary N) is 2. The third-order valence-corrected chi connectivity index (χ3v) is 5.10. The number of halogens is 3. The number of carbonyl (C=O) groups is 1. The first-order valence-corrected chi connectivity index (χ1v) is 10.8. The maximum absolute atomic E-state index is 13.8. The Morgan fingerprint density at radius 2 is 2.03 bits per heavy atom. The van der Waals surface area contributed by atoms with Gasteiger partial charge in [0.15, 0.2) is 0 Å². The van der Waals surface area contributed by atoms with Crippen molar-refractivity contribution >= 4 is 53.2 Å². The number of carbonyl (C=O) groups excluding carboxylic acids is 1. The lowest BCUT2D eigenvalue weighted by molar-refractivity contribution is -0.118. The number of hydrogen-bond acceptors (Lipinski definition) is 6. The Bertz CT molecular complexity index is 1190. The lowest BCUT2D eigenvalue weighted by atomic mass is 10.2. The van der Waals surface area contributed by atoms with E-state index in [0.717, 1.165) is 6.07 Å². The molecule has 1 atom stereocenters. The first-order chi connectivity index (χ1) is 14.6. The molecule has 0 aliphatic carbocycles. The predicted octanol–water partition coefficient (Wildman–Crippen LogP) is 3.98. The number of fused-ring (bicyclic) bond motifs is 1. The zero-order chi connectivity index (χ0) is 22.8. The molecule has 3 aromatic rings. The van der Waals surface area contributed by atoms with Gasteiger partial charge in [0.25, 0.3) is 11.8 Å². The average molecular weight is 473 g/mol. The standard InChI is InChI=1S/C18H16ClF2N4O5P/c1-2-30-15-7-13-10(6-14(15)25-18(26)16(21)31(27,28)29)17(23-8-22-13)24-9-3-4-12(20)11(19)5-9/h3-8,16H,2H2,1H3,(H,25,26)(H,22,23,24)(H2,27,28,29). The molecule has 0 saturated heterocycles. The fourth-order valence-electron chi connectivity index (χ4n) is 2.61. The van der Waals surface area contributed by atoms with Crippen LogP contribution in [-0.4, -0.2) is 38.2 Å². The molecule has 9 nitrogen and oxygen atoms in total. The van der Waals surface area contributed by atoms with E-state index in [-0.39, 0.29) is 28.9 Å². The minimum absolute atomic E-state index is 0.0505. The molecule has 4 N–H and O–H groups in total. The molecule has 1 heterocycles. The number of benzene rings is 2. The Morgan fingerprint density at radius 1 is 1.29 bits per heavy atom. The van der Waals surface area contributed by atoms with Crippen LogP contribution in [0.1, 0.15) is 6.92 Å². The number of nitrogens with zero attached hydrogens (tertiary/aromatic N) is 2. The van der Waals surface area contributed by atoms with Gasteiger partial charge in [-0.05, 0) is 31.2 Å². The van der Waals surface area contributed by atoms with E-state index in [1.54, 1.807) is 6.92 Å². The van der Waals surface area contributed by atoms with Gasteiger partial charge in [0, 0.05) is 17.1 Å². The predicted molar refractivity (Wildman–Crippen MR) is 111 cm³/mol. The molecule has 0 radical (unpaired) electrons. The Labute approximate surface area is 179 Å². The Kier molecular flexibility index (Phi) is 6.71. The number of amides is 1. The molecule has 164 valence electrons. The van der Waals surface area contributed by atoms with Crippen LogP contribution in [0.5, 0.6) is 5.75 Å². The molecule has 13 heteroatoms. The Balaban J connectivity index is 2.04. The summed E-state index contributed by atoms with van der Waals surface area (Å²) in [5, 5.41) is 5.30. The van der Waals surface area contributed by atoms with Crippen molar-refractivity contribution in [2.24, 2.45) is 0 Å². The first kappa shape index (κ1) is 22.8. The molecule has 0 fully saturated rings. The van der Waals surface area contributed by atoms with E-state index in [1.165, 1.54) is 30.6 Å². The number of aromatic nitrogens is 2. The van der Waals surface area contributed by atoms with Gasteiger partial charge in [-0.1, -0.05) is 11.6 Å². The average Bonchev–Trinajstić information content (AvgIpc) is 2.70. The van der Waals surface area contributed by atoms with E-state index in [4.69, 9.17) is 26.1 Å². The van der Waals surface area contributed by atoms with Crippen LogP contribution < -0.4 is 15.4 Å². The summed E-state index contributed by atoms with van der Waals surface area (Å²) < 4.78 is 43.6. The van der Waals surface area contributed by atoms with Gasteiger partial charge in [-0.25, -0.2) is 18.7 Å². The third-order valence-electron chi connectivity index (χ3n) is 3.99. The molecule has 0 spiro atoms. The summed E-state index contributed by atoms with van der Waals surface area (Å²) in [6, 6.07) is 6.74. The second-order valence-corrected chi connectivity index (χ2v) is 8.23. The minimum atomic E-state index is -5.29. The summed E-state index contributed by atoms with van der Waals surface area (Å²) in [6.07, 6.45) is 1.26. The quantitative estimate of drug-likeness (QED) is 0.379. The molecule has 3 rings (SSSR count). The lowest BCUT2D eigenvalue weighted by Gasteiger charge is -2.16. The summed E-state index contributed by atoms with van der Waals surface area (Å²) in [7, 11) is -5.29. The van der Waals surface area contributed by atoms with Gasteiger partial charge >= 0.3 is 7.60 Å². The number of hydrogen-bond donors (Lipinski definition) is 4. The maximum atomic E-state index is 13.8. The van der Waals surface area contributed by atoms with Crippen molar-refractivity contribution in [1.29, 1.82) is 0 Å². The highest BCUT2D eigenvalue weighted by Gasteiger charge is 2.36. The molecule has 1 amide bonds.